The Morgan fingerprint density at radius 1 is 1.15 bits per heavy atom. The van der Waals surface area contributed by atoms with Gasteiger partial charge in [-0.15, -0.1) is 10.2 Å². The van der Waals surface area contributed by atoms with Crippen molar-refractivity contribution in [2.75, 3.05) is 20.1 Å². The molecule has 1 aromatic carbocycles. The molecule has 7 heteroatoms. The summed E-state index contributed by atoms with van der Waals surface area (Å²) >= 11 is 0. The van der Waals surface area contributed by atoms with E-state index in [1.807, 2.05) is 0 Å². The number of para-hydroxylation sites is 1. The van der Waals surface area contributed by atoms with Crippen molar-refractivity contribution < 1.29 is 5.11 Å². The van der Waals surface area contributed by atoms with Gasteiger partial charge >= 0.3 is 0 Å². The summed E-state index contributed by atoms with van der Waals surface area (Å²) in [7, 11) is 4.16. The van der Waals surface area contributed by atoms with Crippen molar-refractivity contribution in [2.24, 2.45) is 7.05 Å². The highest BCUT2D eigenvalue weighted by molar-refractivity contribution is 5.83. The van der Waals surface area contributed by atoms with Gasteiger partial charge in [0.2, 0.25) is 0 Å². The zero-order valence-electron chi connectivity index (χ0n) is 15.9. The number of β-amino-alcohol motifs (C(OH)–C–C–N with tert-alkyl or cyclic N) is 1. The molecule has 5 rings (SSSR count). The van der Waals surface area contributed by atoms with E-state index >= 15 is 0 Å². The van der Waals surface area contributed by atoms with Crippen molar-refractivity contribution in [3.63, 3.8) is 0 Å². The van der Waals surface area contributed by atoms with Crippen LogP contribution in [0.2, 0.25) is 0 Å². The van der Waals surface area contributed by atoms with Gasteiger partial charge in [-0.05, 0) is 25.1 Å². The van der Waals surface area contributed by atoms with Crippen LogP contribution in [0, 0.1) is 0 Å². The third kappa shape index (κ3) is 2.86. The van der Waals surface area contributed by atoms with Crippen LogP contribution in [0.3, 0.4) is 0 Å². The molecule has 27 heavy (non-hydrogen) atoms. The summed E-state index contributed by atoms with van der Waals surface area (Å²) in [6.07, 6.45) is 2.72. The number of nitrogens with zero attached hydrogens (tertiary/aromatic N) is 6. The van der Waals surface area contributed by atoms with Crippen LogP contribution in [-0.2, 0) is 26.7 Å². The molecular formula is C20H26N6O. The van der Waals surface area contributed by atoms with Crippen LogP contribution in [0.4, 0.5) is 0 Å². The lowest BCUT2D eigenvalue weighted by atomic mass is 10.1. The first-order valence-electron chi connectivity index (χ1n) is 9.65. The van der Waals surface area contributed by atoms with Gasteiger partial charge in [-0.2, -0.15) is 0 Å². The number of aliphatic hydroxyl groups is 1. The molecule has 2 aliphatic rings. The minimum atomic E-state index is -0.264. The molecule has 0 amide bonds. The molecule has 0 bridgehead atoms. The van der Waals surface area contributed by atoms with Gasteiger partial charge in [-0.3, -0.25) is 9.80 Å². The SMILES string of the molecule is CN1C[C@H](O)C[C@H]1c1nnc2n1CCN(Cc1cn(C)c3ccccc13)C2. The summed E-state index contributed by atoms with van der Waals surface area (Å²) in [5, 5.41) is 20.3. The fourth-order valence-corrected chi connectivity index (χ4v) is 4.68. The second kappa shape index (κ2) is 6.44. The van der Waals surface area contributed by atoms with E-state index in [1.54, 1.807) is 0 Å². The molecule has 3 aromatic rings. The summed E-state index contributed by atoms with van der Waals surface area (Å²) in [5.74, 6) is 2.04. The first kappa shape index (κ1) is 16.9. The quantitative estimate of drug-likeness (QED) is 0.762. The van der Waals surface area contributed by atoms with Crippen LogP contribution >= 0.6 is 0 Å². The van der Waals surface area contributed by atoms with Gasteiger partial charge in [-0.25, -0.2) is 0 Å². The van der Waals surface area contributed by atoms with Crippen molar-refractivity contribution >= 4 is 10.9 Å². The Balaban J connectivity index is 1.36. The number of rotatable bonds is 3. The van der Waals surface area contributed by atoms with Gasteiger partial charge in [0, 0.05) is 50.3 Å². The molecular weight excluding hydrogens is 340 g/mol. The maximum Gasteiger partial charge on any atom is 0.150 e. The molecule has 0 radical (unpaired) electrons. The summed E-state index contributed by atoms with van der Waals surface area (Å²) < 4.78 is 4.47. The van der Waals surface area contributed by atoms with E-state index in [9.17, 15) is 5.11 Å². The van der Waals surface area contributed by atoms with E-state index in [-0.39, 0.29) is 12.1 Å². The highest BCUT2D eigenvalue weighted by Crippen LogP contribution is 2.31. The average molecular weight is 366 g/mol. The standard InChI is InChI=1S/C20H26N6O/c1-23-10-14(16-5-3-4-6-17(16)23)11-25-7-8-26-19(13-25)21-22-20(26)18-9-15(27)12-24(18)2/h3-6,10,15,18,27H,7-9,11-13H2,1-2H3/t15-,18+/m1/s1. The Hall–Kier alpha value is -2.22. The summed E-state index contributed by atoms with van der Waals surface area (Å²) in [6.45, 7) is 4.34. The second-order valence-electron chi connectivity index (χ2n) is 7.96. The Morgan fingerprint density at radius 3 is 2.81 bits per heavy atom. The Bertz CT molecular complexity index is 976. The van der Waals surface area contributed by atoms with Gasteiger partial charge < -0.3 is 14.2 Å². The molecule has 7 nitrogen and oxygen atoms in total. The normalized spacial score (nSPS) is 24.0. The molecule has 0 unspecified atom stereocenters. The van der Waals surface area contributed by atoms with Crippen LogP contribution in [0.5, 0.6) is 0 Å². The summed E-state index contributed by atoms with van der Waals surface area (Å²) in [4.78, 5) is 4.63. The molecule has 1 N–H and O–H groups in total. The van der Waals surface area contributed by atoms with Crippen molar-refractivity contribution in [3.05, 3.63) is 47.7 Å². The summed E-state index contributed by atoms with van der Waals surface area (Å²) in [6, 6.07) is 8.75. The van der Waals surface area contributed by atoms with Crippen molar-refractivity contribution in [1.29, 1.82) is 0 Å². The molecule has 142 valence electrons. The number of aromatic nitrogens is 4. The van der Waals surface area contributed by atoms with Gasteiger partial charge in [0.15, 0.2) is 5.82 Å². The lowest BCUT2D eigenvalue weighted by Gasteiger charge is -2.29. The molecule has 1 fully saturated rings. The highest BCUT2D eigenvalue weighted by atomic mass is 16.3. The van der Waals surface area contributed by atoms with Crippen LogP contribution in [0.25, 0.3) is 10.9 Å². The van der Waals surface area contributed by atoms with Crippen LogP contribution in [0.1, 0.15) is 29.7 Å². The molecule has 2 aromatic heterocycles. The number of fused-ring (bicyclic) bond motifs is 2. The number of hydrogen-bond donors (Lipinski definition) is 1. The van der Waals surface area contributed by atoms with E-state index in [0.29, 0.717) is 6.54 Å². The molecule has 4 heterocycles. The molecule has 2 atom stereocenters. The van der Waals surface area contributed by atoms with Crippen molar-refractivity contribution in [2.45, 2.75) is 38.2 Å². The minimum absolute atomic E-state index is 0.172. The number of likely N-dealkylation sites (tertiary alicyclic amines) is 1. The lowest BCUT2D eigenvalue weighted by Crippen LogP contribution is -2.34. The lowest BCUT2D eigenvalue weighted by molar-refractivity contribution is 0.182. The first-order chi connectivity index (χ1) is 13.1. The molecule has 0 aliphatic carbocycles. The monoisotopic (exact) mass is 366 g/mol. The van der Waals surface area contributed by atoms with Gasteiger partial charge in [0.25, 0.3) is 0 Å². The van der Waals surface area contributed by atoms with E-state index in [4.69, 9.17) is 0 Å². The van der Waals surface area contributed by atoms with Gasteiger partial charge in [-0.1, -0.05) is 18.2 Å². The first-order valence-corrected chi connectivity index (χ1v) is 9.65. The maximum absolute atomic E-state index is 9.96. The Kier molecular flexibility index (Phi) is 4.03. The average Bonchev–Trinajstić information content (AvgIpc) is 3.31. The molecule has 0 spiro atoms. The summed E-state index contributed by atoms with van der Waals surface area (Å²) in [5.41, 5.74) is 2.64. The van der Waals surface area contributed by atoms with Gasteiger partial charge in [0.05, 0.1) is 18.7 Å². The topological polar surface area (TPSA) is 62.4 Å². The Morgan fingerprint density at radius 2 is 2.00 bits per heavy atom. The minimum Gasteiger partial charge on any atom is -0.392 e. The highest BCUT2D eigenvalue weighted by Gasteiger charge is 2.34. The number of likely N-dealkylation sites (N-methyl/N-ethyl adjacent to an activating group) is 1. The number of benzene rings is 1. The molecule has 1 saturated heterocycles. The number of aliphatic hydroxyl groups excluding tert-OH is 1. The van der Waals surface area contributed by atoms with Crippen molar-refractivity contribution in [1.82, 2.24) is 29.1 Å². The predicted octanol–water partition coefficient (Wildman–Crippen LogP) is 1.52. The zero-order valence-corrected chi connectivity index (χ0v) is 15.9. The van der Waals surface area contributed by atoms with Crippen molar-refractivity contribution in [3.8, 4) is 0 Å². The second-order valence-corrected chi connectivity index (χ2v) is 7.96. The van der Waals surface area contributed by atoms with E-state index < -0.39 is 0 Å². The molecule has 0 saturated carbocycles. The van der Waals surface area contributed by atoms with E-state index in [1.165, 1.54) is 16.5 Å². The van der Waals surface area contributed by atoms with E-state index in [0.717, 1.165) is 44.2 Å². The van der Waals surface area contributed by atoms with Crippen LogP contribution < -0.4 is 0 Å². The van der Waals surface area contributed by atoms with Crippen LogP contribution in [-0.4, -0.2) is 60.5 Å². The fourth-order valence-electron chi connectivity index (χ4n) is 4.68. The number of hydrogen-bond acceptors (Lipinski definition) is 5. The smallest absolute Gasteiger partial charge is 0.150 e. The van der Waals surface area contributed by atoms with Crippen LogP contribution in [0.15, 0.2) is 30.5 Å². The maximum atomic E-state index is 9.96. The Labute approximate surface area is 158 Å². The largest absolute Gasteiger partial charge is 0.392 e. The third-order valence-electron chi connectivity index (χ3n) is 6.06. The van der Waals surface area contributed by atoms with E-state index in [2.05, 4.69) is 73.7 Å². The zero-order chi connectivity index (χ0) is 18.5. The fraction of sp³-hybridized carbons (Fsp3) is 0.500. The predicted molar refractivity (Wildman–Crippen MR) is 103 cm³/mol. The van der Waals surface area contributed by atoms with Gasteiger partial charge in [0.1, 0.15) is 5.82 Å². The third-order valence-corrected chi connectivity index (χ3v) is 6.06. The number of aryl methyl sites for hydroxylation is 1. The molecule has 2 aliphatic heterocycles.